The molecule has 1 aliphatic heterocycles. The van der Waals surface area contributed by atoms with E-state index in [1.54, 1.807) is 0 Å². The third kappa shape index (κ3) is 6.49. The maximum Gasteiger partial charge on any atom is 0.349 e. The number of rotatable bonds is 10. The first-order valence-corrected chi connectivity index (χ1v) is 15.8. The Kier molecular flexibility index (Phi) is 8.20. The van der Waals surface area contributed by atoms with Crippen LogP contribution in [-0.4, -0.2) is 49.7 Å². The summed E-state index contributed by atoms with van der Waals surface area (Å²) in [4.78, 5) is 40.7. The number of carboxylic acids is 1. The number of nitrogens with one attached hydrogen (secondary N) is 2. The minimum Gasteiger partial charge on any atom is -0.481 e. The van der Waals surface area contributed by atoms with Gasteiger partial charge in [0.05, 0.1) is 17.0 Å². The van der Waals surface area contributed by atoms with Gasteiger partial charge in [-0.25, -0.2) is 9.78 Å². The standard InChI is InChI=1S/C37H36N6O3/c44-35(45)30(22-26-14-15-27-10-4-5-11-28(27)21-26)24-43-23-29(20-25-8-2-1-3-9-25)34(41-37(43)46)42-18-16-31(17-19-42)38-36-39-32-12-6-7-13-33(32)40-36/h1-15,21,23,30-31H,16-20,22,24H2,(H,44,45)(H2,38,39,40). The molecule has 9 heteroatoms. The van der Waals surface area contributed by atoms with E-state index in [1.807, 2.05) is 91.1 Å². The number of hydrogen-bond donors (Lipinski definition) is 3. The molecule has 1 saturated heterocycles. The lowest BCUT2D eigenvalue weighted by Crippen LogP contribution is -2.41. The first-order valence-electron chi connectivity index (χ1n) is 15.8. The highest BCUT2D eigenvalue weighted by Crippen LogP contribution is 2.26. The van der Waals surface area contributed by atoms with Crippen LogP contribution in [0.1, 0.15) is 29.5 Å². The Balaban J connectivity index is 1.11. The number of fused-ring (bicyclic) bond motifs is 2. The molecule has 1 unspecified atom stereocenters. The topological polar surface area (TPSA) is 116 Å². The van der Waals surface area contributed by atoms with Crippen LogP contribution in [-0.2, 0) is 24.2 Å². The molecule has 0 bridgehead atoms. The number of aliphatic carboxylic acids is 1. The molecule has 4 aromatic carbocycles. The lowest BCUT2D eigenvalue weighted by molar-refractivity contribution is -0.142. The quantitative estimate of drug-likeness (QED) is 0.177. The predicted octanol–water partition coefficient (Wildman–Crippen LogP) is 5.89. The summed E-state index contributed by atoms with van der Waals surface area (Å²) < 4.78 is 1.48. The van der Waals surface area contributed by atoms with Gasteiger partial charge in [0.25, 0.3) is 0 Å². The molecule has 46 heavy (non-hydrogen) atoms. The minimum absolute atomic E-state index is 0.0412. The number of aromatic nitrogens is 4. The van der Waals surface area contributed by atoms with Crippen molar-refractivity contribution in [3.8, 4) is 0 Å². The van der Waals surface area contributed by atoms with Crippen LogP contribution in [0.4, 0.5) is 11.8 Å². The molecule has 9 nitrogen and oxygen atoms in total. The van der Waals surface area contributed by atoms with Crippen molar-refractivity contribution in [3.63, 3.8) is 0 Å². The molecule has 3 N–H and O–H groups in total. The third-order valence-electron chi connectivity index (χ3n) is 8.87. The smallest absolute Gasteiger partial charge is 0.349 e. The summed E-state index contributed by atoms with van der Waals surface area (Å²) in [5.74, 6) is -0.278. The number of nitrogens with zero attached hydrogens (tertiary/aromatic N) is 4. The molecule has 7 rings (SSSR count). The number of carboxylic acid groups (broad SMARTS) is 1. The lowest BCUT2D eigenvalue weighted by Gasteiger charge is -2.34. The number of piperidine rings is 1. The van der Waals surface area contributed by atoms with Gasteiger partial charge in [-0.2, -0.15) is 4.98 Å². The van der Waals surface area contributed by atoms with Crippen molar-refractivity contribution in [1.82, 2.24) is 19.5 Å². The van der Waals surface area contributed by atoms with Gasteiger partial charge in [-0.15, -0.1) is 0 Å². The van der Waals surface area contributed by atoms with Gasteiger partial charge in [-0.3, -0.25) is 9.36 Å². The zero-order chi connectivity index (χ0) is 31.5. The first kappa shape index (κ1) is 29.3. The summed E-state index contributed by atoms with van der Waals surface area (Å²) >= 11 is 0. The van der Waals surface area contributed by atoms with Gasteiger partial charge in [-0.05, 0) is 53.3 Å². The van der Waals surface area contributed by atoms with Crippen LogP contribution in [0.2, 0.25) is 0 Å². The van der Waals surface area contributed by atoms with E-state index < -0.39 is 17.6 Å². The molecular formula is C37H36N6O3. The molecule has 0 spiro atoms. The van der Waals surface area contributed by atoms with Gasteiger partial charge >= 0.3 is 11.7 Å². The molecule has 0 radical (unpaired) electrons. The molecule has 0 amide bonds. The number of aromatic amines is 1. The highest BCUT2D eigenvalue weighted by atomic mass is 16.4. The summed E-state index contributed by atoms with van der Waals surface area (Å²) in [6.07, 6.45) is 4.45. The van der Waals surface area contributed by atoms with Gasteiger partial charge in [-0.1, -0.05) is 84.9 Å². The van der Waals surface area contributed by atoms with Crippen LogP contribution in [0.15, 0.2) is 108 Å². The summed E-state index contributed by atoms with van der Waals surface area (Å²) in [5, 5.41) is 15.9. The summed E-state index contributed by atoms with van der Waals surface area (Å²) in [6.45, 7) is 1.51. The average molecular weight is 613 g/mol. The Bertz CT molecular complexity index is 2010. The van der Waals surface area contributed by atoms with Crippen molar-refractivity contribution in [2.75, 3.05) is 23.3 Å². The fourth-order valence-electron chi connectivity index (χ4n) is 6.44. The Morgan fingerprint density at radius 1 is 0.891 bits per heavy atom. The number of carbonyl (C=O) groups is 1. The van der Waals surface area contributed by atoms with E-state index in [1.165, 1.54) is 4.57 Å². The maximum atomic E-state index is 13.5. The number of imidazole rings is 1. The number of para-hydroxylation sites is 2. The summed E-state index contributed by atoms with van der Waals surface area (Å²) in [5.41, 5.74) is 4.43. The second kappa shape index (κ2) is 12.9. The van der Waals surface area contributed by atoms with Crippen molar-refractivity contribution in [2.45, 2.75) is 38.3 Å². The van der Waals surface area contributed by atoms with Crippen LogP contribution in [0.5, 0.6) is 0 Å². The van der Waals surface area contributed by atoms with Crippen molar-refractivity contribution < 1.29 is 9.90 Å². The Hall–Kier alpha value is -5.44. The molecular weight excluding hydrogens is 576 g/mol. The van der Waals surface area contributed by atoms with Crippen molar-refractivity contribution >= 4 is 39.5 Å². The monoisotopic (exact) mass is 612 g/mol. The number of H-pyrrole nitrogens is 1. The average Bonchev–Trinajstić information content (AvgIpc) is 3.49. The first-order chi connectivity index (χ1) is 22.5. The SMILES string of the molecule is O=C(O)C(Cc1ccc2ccccc2c1)Cn1cc(Cc2ccccc2)c(N2CCC(Nc3nc4ccccc4[nH]3)CC2)nc1=O. The molecule has 3 heterocycles. The van der Waals surface area contributed by atoms with Gasteiger partial charge in [0, 0.05) is 43.9 Å². The molecule has 1 aliphatic rings. The molecule has 1 fully saturated rings. The van der Waals surface area contributed by atoms with E-state index in [0.717, 1.165) is 70.4 Å². The van der Waals surface area contributed by atoms with Crippen LogP contribution in [0.3, 0.4) is 0 Å². The van der Waals surface area contributed by atoms with E-state index in [-0.39, 0.29) is 12.6 Å². The maximum absolute atomic E-state index is 13.5. The van der Waals surface area contributed by atoms with Crippen LogP contribution in [0.25, 0.3) is 21.8 Å². The van der Waals surface area contributed by atoms with Gasteiger partial charge in [0.15, 0.2) is 0 Å². The van der Waals surface area contributed by atoms with Crippen molar-refractivity contribution in [1.29, 1.82) is 0 Å². The third-order valence-corrected chi connectivity index (χ3v) is 8.87. The zero-order valence-electron chi connectivity index (χ0n) is 25.5. The molecule has 6 aromatic rings. The highest BCUT2D eigenvalue weighted by molar-refractivity contribution is 5.83. The van der Waals surface area contributed by atoms with Gasteiger partial charge in [0.2, 0.25) is 5.95 Å². The fourth-order valence-corrected chi connectivity index (χ4v) is 6.44. The van der Waals surface area contributed by atoms with Crippen molar-refractivity contribution in [2.24, 2.45) is 5.92 Å². The molecule has 1 atom stereocenters. The van der Waals surface area contributed by atoms with Crippen LogP contribution < -0.4 is 15.9 Å². The predicted molar refractivity (Wildman–Crippen MR) is 181 cm³/mol. The highest BCUT2D eigenvalue weighted by Gasteiger charge is 2.25. The van der Waals surface area contributed by atoms with E-state index >= 15 is 0 Å². The summed E-state index contributed by atoms with van der Waals surface area (Å²) in [7, 11) is 0. The molecule has 2 aromatic heterocycles. The molecule has 0 aliphatic carbocycles. The minimum atomic E-state index is -0.937. The number of hydrogen-bond acceptors (Lipinski definition) is 6. The largest absolute Gasteiger partial charge is 0.481 e. The zero-order valence-corrected chi connectivity index (χ0v) is 25.5. The van der Waals surface area contributed by atoms with E-state index in [9.17, 15) is 14.7 Å². The van der Waals surface area contributed by atoms with Gasteiger partial charge in [0.1, 0.15) is 5.82 Å². The van der Waals surface area contributed by atoms with E-state index in [2.05, 4.69) is 37.3 Å². The lowest BCUT2D eigenvalue weighted by atomic mass is 9.97. The van der Waals surface area contributed by atoms with E-state index in [0.29, 0.717) is 18.7 Å². The number of benzene rings is 4. The van der Waals surface area contributed by atoms with Gasteiger partial charge < -0.3 is 20.3 Å². The number of anilines is 2. The normalized spacial score (nSPS) is 14.5. The van der Waals surface area contributed by atoms with Crippen molar-refractivity contribution in [3.05, 3.63) is 130 Å². The second-order valence-corrected chi connectivity index (χ2v) is 12.1. The Labute approximate surface area is 266 Å². The van der Waals surface area contributed by atoms with E-state index in [4.69, 9.17) is 0 Å². The molecule has 232 valence electrons. The second-order valence-electron chi connectivity index (χ2n) is 12.1. The Morgan fingerprint density at radius 3 is 2.41 bits per heavy atom. The van der Waals surface area contributed by atoms with Crippen LogP contribution in [0, 0.1) is 5.92 Å². The fraction of sp³-hybridized carbons (Fsp3) is 0.243. The Morgan fingerprint density at radius 2 is 1.63 bits per heavy atom. The summed E-state index contributed by atoms with van der Waals surface area (Å²) in [6, 6.07) is 32.3. The van der Waals surface area contributed by atoms with Crippen LogP contribution >= 0.6 is 0 Å². The molecule has 0 saturated carbocycles.